The second-order valence-corrected chi connectivity index (χ2v) is 10.7. The van der Waals surface area contributed by atoms with Crippen molar-refractivity contribution >= 4 is 33.3 Å². The summed E-state index contributed by atoms with van der Waals surface area (Å²) in [5.41, 5.74) is 1.12. The molecule has 0 fully saturated rings. The summed E-state index contributed by atoms with van der Waals surface area (Å²) >= 11 is 1.36. The Kier molecular flexibility index (Phi) is 7.46. The predicted molar refractivity (Wildman–Crippen MR) is 148 cm³/mol. The van der Waals surface area contributed by atoms with Crippen LogP contribution < -0.4 is 19.8 Å². The first-order valence-corrected chi connectivity index (χ1v) is 13.9. The lowest BCUT2D eigenvalue weighted by atomic mass is 9.98. The highest BCUT2D eigenvalue weighted by Crippen LogP contribution is 2.44. The molecule has 0 saturated heterocycles. The number of fused-ring (bicyclic) bond motifs is 2. The molecule has 3 heterocycles. The number of anilines is 1. The van der Waals surface area contributed by atoms with Gasteiger partial charge in [0.1, 0.15) is 10.6 Å². The maximum Gasteiger partial charge on any atom is 0.297 e. The Hall–Kier alpha value is -3.72. The first-order valence-electron chi connectivity index (χ1n) is 13.0. The van der Waals surface area contributed by atoms with Crippen molar-refractivity contribution in [3.63, 3.8) is 0 Å². The average Bonchev–Trinajstić information content (AvgIpc) is 3.47. The van der Waals surface area contributed by atoms with Crippen molar-refractivity contribution in [3.8, 4) is 11.5 Å². The Morgan fingerprint density at radius 1 is 1.05 bits per heavy atom. The third-order valence-electron chi connectivity index (χ3n) is 6.36. The SMILES string of the molecule is CCCCOc1ccc(C2c3c(oc4ccccc4c3=O)C(=O)N2c2nnc(CC(C)C)s2)cc1OCC. The molecular formula is C29H31N3O5S. The van der Waals surface area contributed by atoms with Crippen molar-refractivity contribution in [2.24, 2.45) is 5.92 Å². The molecule has 0 N–H and O–H groups in total. The van der Waals surface area contributed by atoms with Crippen LogP contribution in [0.1, 0.15) is 73.3 Å². The third-order valence-corrected chi connectivity index (χ3v) is 7.31. The van der Waals surface area contributed by atoms with Crippen LogP contribution in [-0.4, -0.2) is 29.3 Å². The van der Waals surface area contributed by atoms with Crippen LogP contribution in [0.3, 0.4) is 0 Å². The normalized spacial score (nSPS) is 14.9. The highest BCUT2D eigenvalue weighted by molar-refractivity contribution is 7.15. The maximum absolute atomic E-state index is 13.8. The molecule has 2 aromatic heterocycles. The van der Waals surface area contributed by atoms with E-state index in [0.717, 1.165) is 24.3 Å². The zero-order chi connectivity index (χ0) is 26.8. The van der Waals surface area contributed by atoms with Crippen LogP contribution in [0.2, 0.25) is 0 Å². The van der Waals surface area contributed by atoms with Gasteiger partial charge in [0.15, 0.2) is 16.9 Å². The molecule has 0 bridgehead atoms. The largest absolute Gasteiger partial charge is 0.490 e. The van der Waals surface area contributed by atoms with E-state index in [1.165, 1.54) is 16.2 Å². The van der Waals surface area contributed by atoms with Gasteiger partial charge in [0.05, 0.1) is 30.2 Å². The summed E-state index contributed by atoms with van der Waals surface area (Å²) in [6, 6.07) is 11.8. The van der Waals surface area contributed by atoms with Gasteiger partial charge >= 0.3 is 0 Å². The van der Waals surface area contributed by atoms with Crippen molar-refractivity contribution < 1.29 is 18.7 Å². The number of benzene rings is 2. The summed E-state index contributed by atoms with van der Waals surface area (Å²) < 4.78 is 17.9. The Bertz CT molecular complexity index is 1530. The number of hydrogen-bond acceptors (Lipinski definition) is 8. The van der Waals surface area contributed by atoms with Crippen LogP contribution in [0.4, 0.5) is 5.13 Å². The van der Waals surface area contributed by atoms with Gasteiger partial charge in [-0.15, -0.1) is 10.2 Å². The average molecular weight is 534 g/mol. The number of para-hydroxylation sites is 1. The molecule has 1 atom stereocenters. The number of hydrogen-bond donors (Lipinski definition) is 0. The van der Waals surface area contributed by atoms with Gasteiger partial charge < -0.3 is 13.9 Å². The minimum absolute atomic E-state index is 0.0283. The van der Waals surface area contributed by atoms with E-state index in [1.807, 2.05) is 25.1 Å². The molecule has 2 aromatic carbocycles. The first-order chi connectivity index (χ1) is 18.4. The summed E-state index contributed by atoms with van der Waals surface area (Å²) in [4.78, 5) is 29.2. The molecular weight excluding hydrogens is 502 g/mol. The zero-order valence-electron chi connectivity index (χ0n) is 22.0. The minimum Gasteiger partial charge on any atom is -0.490 e. The van der Waals surface area contributed by atoms with E-state index in [-0.39, 0.29) is 16.8 Å². The molecule has 0 saturated carbocycles. The summed E-state index contributed by atoms with van der Waals surface area (Å²) in [5.74, 6) is 1.19. The van der Waals surface area contributed by atoms with Gasteiger partial charge in [-0.1, -0.05) is 56.7 Å². The van der Waals surface area contributed by atoms with Gasteiger partial charge in [0.2, 0.25) is 10.9 Å². The molecule has 38 heavy (non-hydrogen) atoms. The number of aromatic nitrogens is 2. The quantitative estimate of drug-likeness (QED) is 0.225. The van der Waals surface area contributed by atoms with Crippen molar-refractivity contribution in [2.75, 3.05) is 18.1 Å². The van der Waals surface area contributed by atoms with Gasteiger partial charge in [-0.05, 0) is 49.1 Å². The lowest BCUT2D eigenvalue weighted by molar-refractivity contribution is 0.0970. The molecule has 1 aliphatic rings. The summed E-state index contributed by atoms with van der Waals surface area (Å²) in [5, 5.41) is 10.4. The minimum atomic E-state index is -0.748. The summed E-state index contributed by atoms with van der Waals surface area (Å²) in [7, 11) is 0. The highest BCUT2D eigenvalue weighted by atomic mass is 32.1. The van der Waals surface area contributed by atoms with Crippen LogP contribution in [0.15, 0.2) is 51.7 Å². The van der Waals surface area contributed by atoms with Crippen LogP contribution in [0, 0.1) is 5.92 Å². The number of carbonyl (C=O) groups excluding carboxylic acids is 1. The van der Waals surface area contributed by atoms with E-state index in [0.29, 0.717) is 52.3 Å². The van der Waals surface area contributed by atoms with Gasteiger partial charge in [0.25, 0.3) is 5.91 Å². The molecule has 8 nitrogen and oxygen atoms in total. The van der Waals surface area contributed by atoms with E-state index in [9.17, 15) is 9.59 Å². The lowest BCUT2D eigenvalue weighted by Crippen LogP contribution is -2.29. The standard InChI is InChI=1S/C29H31N3O5S/c1-5-7-14-36-21-13-12-18(16-22(21)35-6-2)25-24-26(33)19-10-8-9-11-20(19)37-27(24)28(34)32(25)29-31-30-23(38-29)15-17(3)4/h8-13,16-17,25H,5-7,14-15H2,1-4H3. The maximum atomic E-state index is 13.8. The van der Waals surface area contributed by atoms with Crippen LogP contribution in [-0.2, 0) is 6.42 Å². The van der Waals surface area contributed by atoms with Crippen molar-refractivity contribution in [1.82, 2.24) is 10.2 Å². The van der Waals surface area contributed by atoms with Crippen molar-refractivity contribution in [3.05, 3.63) is 74.6 Å². The van der Waals surface area contributed by atoms with E-state index in [1.54, 1.807) is 24.3 Å². The topological polar surface area (TPSA) is 94.8 Å². The fourth-order valence-electron chi connectivity index (χ4n) is 4.61. The van der Waals surface area contributed by atoms with E-state index in [4.69, 9.17) is 13.9 Å². The van der Waals surface area contributed by atoms with Crippen LogP contribution in [0.25, 0.3) is 11.0 Å². The molecule has 4 aromatic rings. The Morgan fingerprint density at radius 3 is 2.63 bits per heavy atom. The lowest BCUT2D eigenvalue weighted by Gasteiger charge is -2.23. The number of carbonyl (C=O) groups is 1. The third kappa shape index (κ3) is 4.78. The van der Waals surface area contributed by atoms with Crippen LogP contribution >= 0.6 is 11.3 Å². The summed E-state index contributed by atoms with van der Waals surface area (Å²) in [6.45, 7) is 9.24. The Labute approximate surface area is 225 Å². The second-order valence-electron chi connectivity index (χ2n) is 9.67. The number of rotatable bonds is 10. The number of unbranched alkanes of at least 4 members (excludes halogenated alkanes) is 1. The van der Waals surface area contributed by atoms with Gasteiger partial charge in [-0.25, -0.2) is 0 Å². The first kappa shape index (κ1) is 25.9. The molecule has 0 radical (unpaired) electrons. The molecule has 1 aliphatic heterocycles. The zero-order valence-corrected chi connectivity index (χ0v) is 22.8. The van der Waals surface area contributed by atoms with Gasteiger partial charge in [0, 0.05) is 6.42 Å². The monoisotopic (exact) mass is 533 g/mol. The second kappa shape index (κ2) is 10.9. The Morgan fingerprint density at radius 2 is 1.87 bits per heavy atom. The molecule has 198 valence electrons. The van der Waals surface area contributed by atoms with Crippen molar-refractivity contribution in [1.29, 1.82) is 0 Å². The van der Waals surface area contributed by atoms with E-state index >= 15 is 0 Å². The number of nitrogens with zero attached hydrogens (tertiary/aromatic N) is 3. The smallest absolute Gasteiger partial charge is 0.297 e. The molecule has 5 rings (SSSR count). The van der Waals surface area contributed by atoms with Crippen molar-refractivity contribution in [2.45, 2.75) is 53.0 Å². The van der Waals surface area contributed by atoms with Gasteiger partial charge in [-0.3, -0.25) is 14.5 Å². The fraction of sp³-hybridized carbons (Fsp3) is 0.379. The highest BCUT2D eigenvalue weighted by Gasteiger charge is 2.45. The van der Waals surface area contributed by atoms with Gasteiger partial charge in [-0.2, -0.15) is 0 Å². The summed E-state index contributed by atoms with van der Waals surface area (Å²) in [6.07, 6.45) is 2.69. The van der Waals surface area contributed by atoms with E-state index in [2.05, 4.69) is 31.0 Å². The number of amides is 1. The molecule has 1 unspecified atom stereocenters. The fourth-order valence-corrected chi connectivity index (χ4v) is 5.69. The molecule has 0 aliphatic carbocycles. The predicted octanol–water partition coefficient (Wildman–Crippen LogP) is 6.17. The Balaban J connectivity index is 1.67. The number of ether oxygens (including phenoxy) is 2. The molecule has 9 heteroatoms. The van der Waals surface area contributed by atoms with E-state index < -0.39 is 11.9 Å². The molecule has 1 amide bonds. The molecule has 0 spiro atoms. The van der Waals surface area contributed by atoms with Crippen LogP contribution in [0.5, 0.6) is 11.5 Å².